The largest absolute Gasteiger partial charge is 0.497 e. The second-order valence-electron chi connectivity index (χ2n) is 14.6. The fourth-order valence-electron chi connectivity index (χ4n) is 8.33. The molecule has 8 heteroatoms. The van der Waals surface area contributed by atoms with Crippen LogP contribution in [0.15, 0.2) is 59.6 Å². The number of aromatic nitrogens is 1. The number of aliphatic imine (C=N–C) groups is 1. The fraction of sp³-hybridized carbons (Fsp3) is 0.425. The van der Waals surface area contributed by atoms with Crippen LogP contribution < -0.4 is 14.8 Å². The third-order valence-corrected chi connectivity index (χ3v) is 11.5. The Bertz CT molecular complexity index is 1990. The number of carboxylic acids is 1. The molecule has 1 amide bonds. The molecule has 3 aromatic carbocycles. The van der Waals surface area contributed by atoms with Crippen LogP contribution in [-0.2, 0) is 23.2 Å². The van der Waals surface area contributed by atoms with Gasteiger partial charge in [-0.05, 0) is 98.9 Å². The van der Waals surface area contributed by atoms with Crippen molar-refractivity contribution in [3.05, 3.63) is 76.9 Å². The maximum absolute atomic E-state index is 14.1. The Morgan fingerprint density at radius 2 is 1.83 bits per heavy atom. The lowest BCUT2D eigenvalue weighted by atomic mass is 9.71. The molecule has 2 aliphatic carbocycles. The van der Waals surface area contributed by atoms with Gasteiger partial charge in [0.2, 0.25) is 0 Å². The van der Waals surface area contributed by atoms with Crippen molar-refractivity contribution < 1.29 is 24.2 Å². The predicted octanol–water partition coefficient (Wildman–Crippen LogP) is 8.10. The average molecular weight is 646 g/mol. The second kappa shape index (κ2) is 11.5. The zero-order chi connectivity index (χ0) is 33.2. The van der Waals surface area contributed by atoms with Crippen LogP contribution in [0.4, 0.5) is 5.69 Å². The highest BCUT2D eigenvalue weighted by Gasteiger charge is 2.45. The topological polar surface area (TPSA) is 102 Å². The molecule has 2 N–H and O–H groups in total. The maximum atomic E-state index is 14.1. The highest BCUT2D eigenvalue weighted by molar-refractivity contribution is 6.07. The van der Waals surface area contributed by atoms with Crippen LogP contribution in [0.2, 0.25) is 0 Å². The van der Waals surface area contributed by atoms with Crippen molar-refractivity contribution in [1.82, 2.24) is 9.88 Å². The normalized spacial score (nSPS) is 18.4. The smallest absolute Gasteiger partial charge is 0.313 e. The first-order valence-corrected chi connectivity index (χ1v) is 17.4. The molecule has 0 spiro atoms. The van der Waals surface area contributed by atoms with Crippen LogP contribution in [0.25, 0.3) is 22.2 Å². The van der Waals surface area contributed by atoms with E-state index in [1.165, 1.54) is 48.7 Å². The van der Waals surface area contributed by atoms with Crippen LogP contribution >= 0.6 is 0 Å². The van der Waals surface area contributed by atoms with Crippen molar-refractivity contribution in [2.45, 2.75) is 95.1 Å². The standard InChI is InChI=1S/C40H43N3O5/c1-39(2,38(45)46)27-11-15-31-26(20-27)22-34(41-31)40(16-7-17-40)42-37(44)25-10-13-29-32(21-25)43-18-19-48-33-23-28(47-3)12-14-30(33)36(43)35(29)24-8-5-4-6-9-24/h10-15,20-21,23-24H,4-9,16-19,22H2,1-3H3,(H,42,44)(H,45,46). The zero-order valence-corrected chi connectivity index (χ0v) is 28.0. The summed E-state index contributed by atoms with van der Waals surface area (Å²) in [7, 11) is 1.68. The first kappa shape index (κ1) is 30.7. The third kappa shape index (κ3) is 4.91. The third-order valence-electron chi connectivity index (χ3n) is 11.5. The monoisotopic (exact) mass is 645 g/mol. The second-order valence-corrected chi connectivity index (χ2v) is 14.6. The first-order chi connectivity index (χ1) is 23.2. The number of fused-ring (bicyclic) bond motifs is 6. The molecule has 4 aromatic rings. The Balaban J connectivity index is 1.13. The van der Waals surface area contributed by atoms with Gasteiger partial charge in [0, 0.05) is 40.2 Å². The Hall–Kier alpha value is -4.59. The number of nitrogens with zero attached hydrogens (tertiary/aromatic N) is 2. The molecule has 0 atom stereocenters. The Labute approximate surface area is 281 Å². The lowest BCUT2D eigenvalue weighted by molar-refractivity contribution is -0.142. The molecule has 0 unspecified atom stereocenters. The Morgan fingerprint density at radius 3 is 2.56 bits per heavy atom. The minimum Gasteiger partial charge on any atom is -0.497 e. The number of rotatable bonds is 7. The van der Waals surface area contributed by atoms with Gasteiger partial charge in [0.25, 0.3) is 5.91 Å². The fourth-order valence-corrected chi connectivity index (χ4v) is 8.33. The number of aliphatic carboxylic acids is 1. The summed E-state index contributed by atoms with van der Waals surface area (Å²) >= 11 is 0. The summed E-state index contributed by atoms with van der Waals surface area (Å²) < 4.78 is 14.2. The molecule has 1 aromatic heterocycles. The lowest BCUT2D eigenvalue weighted by Gasteiger charge is -2.42. The number of nitrogens with one attached hydrogen (secondary N) is 1. The van der Waals surface area contributed by atoms with Gasteiger partial charge in [0.1, 0.15) is 18.1 Å². The van der Waals surface area contributed by atoms with E-state index in [0.717, 1.165) is 64.4 Å². The highest BCUT2D eigenvalue weighted by Crippen LogP contribution is 2.48. The van der Waals surface area contributed by atoms with E-state index < -0.39 is 16.9 Å². The molecule has 8 rings (SSSR count). The number of amides is 1. The summed E-state index contributed by atoms with van der Waals surface area (Å²) in [4.78, 5) is 31.0. The average Bonchev–Trinajstić information content (AvgIpc) is 3.59. The van der Waals surface area contributed by atoms with E-state index in [-0.39, 0.29) is 5.91 Å². The quantitative estimate of drug-likeness (QED) is 0.212. The molecule has 248 valence electrons. The number of carbonyl (C=O) groups excluding carboxylic acids is 1. The first-order valence-electron chi connectivity index (χ1n) is 17.4. The van der Waals surface area contributed by atoms with Gasteiger partial charge in [-0.1, -0.05) is 37.5 Å². The Kier molecular flexibility index (Phi) is 7.38. The van der Waals surface area contributed by atoms with Crippen molar-refractivity contribution in [1.29, 1.82) is 0 Å². The van der Waals surface area contributed by atoms with Gasteiger partial charge in [-0.3, -0.25) is 14.6 Å². The van der Waals surface area contributed by atoms with E-state index in [1.807, 2.05) is 36.4 Å². The number of methoxy groups -OCH3 is 1. The molecule has 0 radical (unpaired) electrons. The number of carbonyl (C=O) groups is 2. The van der Waals surface area contributed by atoms with Crippen molar-refractivity contribution in [3.63, 3.8) is 0 Å². The zero-order valence-electron chi connectivity index (χ0n) is 28.0. The van der Waals surface area contributed by atoms with E-state index in [1.54, 1.807) is 21.0 Å². The minimum absolute atomic E-state index is 0.0901. The number of benzene rings is 3. The van der Waals surface area contributed by atoms with Crippen molar-refractivity contribution in [2.24, 2.45) is 4.99 Å². The maximum Gasteiger partial charge on any atom is 0.313 e. The van der Waals surface area contributed by atoms with Crippen LogP contribution in [0.5, 0.6) is 11.5 Å². The van der Waals surface area contributed by atoms with Crippen LogP contribution in [0.3, 0.4) is 0 Å². The molecule has 2 fully saturated rings. The van der Waals surface area contributed by atoms with Gasteiger partial charge in [0.05, 0.1) is 36.0 Å². The summed E-state index contributed by atoms with van der Waals surface area (Å²) in [6, 6.07) is 18.1. The molecule has 8 nitrogen and oxygen atoms in total. The molecule has 0 saturated heterocycles. The number of carboxylic acid groups (broad SMARTS) is 1. The summed E-state index contributed by atoms with van der Waals surface area (Å²) in [6.07, 6.45) is 9.40. The molecule has 2 aliphatic heterocycles. The van der Waals surface area contributed by atoms with Crippen LogP contribution in [0, 0.1) is 0 Å². The highest BCUT2D eigenvalue weighted by atomic mass is 16.5. The van der Waals surface area contributed by atoms with Crippen molar-refractivity contribution >= 4 is 34.2 Å². The van der Waals surface area contributed by atoms with Gasteiger partial charge in [-0.25, -0.2) is 0 Å². The molecular formula is C40H43N3O5. The minimum atomic E-state index is -0.992. The SMILES string of the molecule is COc1ccc2c(c1)OCCn1c-2c(C2CCCCC2)c2ccc(C(=O)NC3(C4=Nc5ccc(C(C)(C)C(=O)O)cc5C4)CCC3)cc21. The Morgan fingerprint density at radius 1 is 1.02 bits per heavy atom. The molecule has 48 heavy (non-hydrogen) atoms. The van der Waals surface area contributed by atoms with Gasteiger partial charge >= 0.3 is 5.97 Å². The van der Waals surface area contributed by atoms with E-state index in [9.17, 15) is 14.7 Å². The molecule has 3 heterocycles. The van der Waals surface area contributed by atoms with Crippen LogP contribution in [0.1, 0.15) is 98.2 Å². The van der Waals surface area contributed by atoms with E-state index in [2.05, 4.69) is 28.1 Å². The van der Waals surface area contributed by atoms with Gasteiger partial charge < -0.3 is 24.5 Å². The summed E-state index contributed by atoms with van der Waals surface area (Å²) in [5.41, 5.74) is 7.51. The molecule has 4 aliphatic rings. The van der Waals surface area contributed by atoms with E-state index >= 15 is 0 Å². The lowest BCUT2D eigenvalue weighted by Crippen LogP contribution is -2.59. The van der Waals surface area contributed by atoms with Gasteiger partial charge in [-0.2, -0.15) is 0 Å². The van der Waals surface area contributed by atoms with Crippen molar-refractivity contribution in [2.75, 3.05) is 13.7 Å². The summed E-state index contributed by atoms with van der Waals surface area (Å²) in [5, 5.41) is 14.4. The summed E-state index contributed by atoms with van der Waals surface area (Å²) in [5.74, 6) is 1.14. The molecular weight excluding hydrogens is 602 g/mol. The van der Waals surface area contributed by atoms with E-state index in [0.29, 0.717) is 31.1 Å². The van der Waals surface area contributed by atoms with Crippen molar-refractivity contribution in [3.8, 4) is 22.8 Å². The number of ether oxygens (including phenoxy) is 2. The molecule has 0 bridgehead atoms. The predicted molar refractivity (Wildman–Crippen MR) is 187 cm³/mol. The number of hydrogen-bond acceptors (Lipinski definition) is 5. The number of hydrogen-bond donors (Lipinski definition) is 2. The summed E-state index contributed by atoms with van der Waals surface area (Å²) in [6.45, 7) is 4.68. The van der Waals surface area contributed by atoms with E-state index in [4.69, 9.17) is 14.5 Å². The van der Waals surface area contributed by atoms with Crippen LogP contribution in [-0.4, -0.2) is 46.5 Å². The van der Waals surface area contributed by atoms with Gasteiger partial charge in [-0.15, -0.1) is 0 Å². The van der Waals surface area contributed by atoms with Gasteiger partial charge in [0.15, 0.2) is 0 Å². The molecule has 2 saturated carbocycles.